The molecule has 0 aliphatic heterocycles. The third kappa shape index (κ3) is 3.05. The van der Waals surface area contributed by atoms with E-state index in [9.17, 15) is 9.59 Å². The van der Waals surface area contributed by atoms with Gasteiger partial charge in [-0.3, -0.25) is 9.59 Å². The highest BCUT2D eigenvalue weighted by atomic mass is 35.5. The molecule has 2 amide bonds. The van der Waals surface area contributed by atoms with Crippen LogP contribution in [0.2, 0.25) is 10.0 Å². The summed E-state index contributed by atoms with van der Waals surface area (Å²) >= 11 is 13.3. The third-order valence-corrected chi connectivity index (χ3v) is 4.80. The molecule has 1 aromatic heterocycles. The number of carbonyl (C=O) groups is 2. The highest BCUT2D eigenvalue weighted by molar-refractivity contribution is 7.16. The highest BCUT2D eigenvalue weighted by Crippen LogP contribution is 2.33. The number of nitrogens with one attached hydrogen (secondary N) is 1. The second-order valence-corrected chi connectivity index (χ2v) is 6.44. The Kier molecular flexibility index (Phi) is 4.56. The van der Waals surface area contributed by atoms with Crippen LogP contribution in [0.4, 0.5) is 5.00 Å². The molecule has 4 nitrogen and oxygen atoms in total. The molecule has 110 valence electrons. The van der Waals surface area contributed by atoms with Crippen molar-refractivity contribution in [3.8, 4) is 0 Å². The molecule has 0 spiro atoms. The first-order valence-corrected chi connectivity index (χ1v) is 7.55. The lowest BCUT2D eigenvalue weighted by Gasteiger charge is -2.08. The first-order chi connectivity index (χ1) is 9.82. The largest absolute Gasteiger partial charge is 0.365 e. The lowest BCUT2D eigenvalue weighted by Crippen LogP contribution is -2.18. The number of primary amides is 1. The van der Waals surface area contributed by atoms with Gasteiger partial charge >= 0.3 is 0 Å². The van der Waals surface area contributed by atoms with Crippen molar-refractivity contribution in [2.75, 3.05) is 5.32 Å². The van der Waals surface area contributed by atoms with Gasteiger partial charge in [-0.2, -0.15) is 0 Å². The van der Waals surface area contributed by atoms with Gasteiger partial charge in [-0.15, -0.1) is 11.3 Å². The minimum atomic E-state index is -0.586. The molecule has 2 rings (SSSR count). The van der Waals surface area contributed by atoms with Gasteiger partial charge in [0.05, 0.1) is 21.2 Å². The summed E-state index contributed by atoms with van der Waals surface area (Å²) in [5, 5.41) is 3.55. The standard InChI is InChI=1S/C14H12Cl2N2O2S/c1-6-7(2)21-14(10(6)12(17)19)18-13(20)11-8(15)4-3-5-9(11)16/h3-5H,1-2H3,(H2,17,19)(H,18,20). The fourth-order valence-electron chi connectivity index (χ4n) is 1.89. The molecule has 2 aromatic rings. The van der Waals surface area contributed by atoms with Gasteiger partial charge in [-0.1, -0.05) is 29.3 Å². The van der Waals surface area contributed by atoms with E-state index in [1.165, 1.54) is 11.3 Å². The van der Waals surface area contributed by atoms with Crippen molar-refractivity contribution in [3.05, 3.63) is 49.8 Å². The Bertz CT molecular complexity index is 721. The van der Waals surface area contributed by atoms with Gasteiger partial charge in [0.1, 0.15) is 5.00 Å². The van der Waals surface area contributed by atoms with Gasteiger partial charge in [0.15, 0.2) is 0 Å². The number of amides is 2. The van der Waals surface area contributed by atoms with Crippen LogP contribution in [0.15, 0.2) is 18.2 Å². The molecule has 0 atom stereocenters. The van der Waals surface area contributed by atoms with E-state index in [0.717, 1.165) is 10.4 Å². The zero-order chi connectivity index (χ0) is 15.7. The van der Waals surface area contributed by atoms with E-state index >= 15 is 0 Å². The molecule has 1 heterocycles. The van der Waals surface area contributed by atoms with Gasteiger partial charge in [0.2, 0.25) is 0 Å². The second-order valence-electron chi connectivity index (χ2n) is 4.40. The van der Waals surface area contributed by atoms with E-state index in [2.05, 4.69) is 5.32 Å². The van der Waals surface area contributed by atoms with E-state index in [0.29, 0.717) is 10.6 Å². The molecule has 0 bridgehead atoms. The SMILES string of the molecule is Cc1sc(NC(=O)c2c(Cl)cccc2Cl)c(C(N)=O)c1C. The normalized spacial score (nSPS) is 10.5. The molecule has 7 heteroatoms. The predicted octanol–water partition coefficient (Wildman–Crippen LogP) is 4.02. The van der Waals surface area contributed by atoms with E-state index in [-0.39, 0.29) is 15.6 Å². The van der Waals surface area contributed by atoms with E-state index in [1.807, 2.05) is 6.92 Å². The average Bonchev–Trinajstić information content (AvgIpc) is 2.64. The molecule has 0 unspecified atom stereocenters. The number of rotatable bonds is 3. The Balaban J connectivity index is 2.41. The van der Waals surface area contributed by atoms with Crippen LogP contribution in [0, 0.1) is 13.8 Å². The molecule has 1 aromatic carbocycles. The van der Waals surface area contributed by atoms with E-state index < -0.39 is 11.8 Å². The van der Waals surface area contributed by atoms with Crippen molar-refractivity contribution in [2.24, 2.45) is 5.73 Å². The van der Waals surface area contributed by atoms with Gasteiger partial charge < -0.3 is 11.1 Å². The number of hydrogen-bond donors (Lipinski definition) is 2. The molecule has 3 N–H and O–H groups in total. The molecule has 0 saturated heterocycles. The number of aryl methyl sites for hydroxylation is 1. The Morgan fingerprint density at radius 3 is 2.24 bits per heavy atom. The Labute approximate surface area is 135 Å². The summed E-state index contributed by atoms with van der Waals surface area (Å²) in [6, 6.07) is 4.79. The first-order valence-electron chi connectivity index (χ1n) is 5.98. The zero-order valence-corrected chi connectivity index (χ0v) is 13.6. The van der Waals surface area contributed by atoms with Crippen LogP contribution >= 0.6 is 34.5 Å². The topological polar surface area (TPSA) is 72.2 Å². The van der Waals surface area contributed by atoms with Crippen molar-refractivity contribution in [1.82, 2.24) is 0 Å². The molecular formula is C14H12Cl2N2O2S. The maximum Gasteiger partial charge on any atom is 0.259 e. The summed E-state index contributed by atoms with van der Waals surface area (Å²) in [7, 11) is 0. The molecule has 0 radical (unpaired) electrons. The lowest BCUT2D eigenvalue weighted by molar-refractivity contribution is 0.100. The average molecular weight is 343 g/mol. The Hall–Kier alpha value is -1.56. The maximum atomic E-state index is 12.3. The van der Waals surface area contributed by atoms with Crippen LogP contribution in [0.5, 0.6) is 0 Å². The zero-order valence-electron chi connectivity index (χ0n) is 11.3. The van der Waals surface area contributed by atoms with Crippen LogP contribution in [0.25, 0.3) is 0 Å². The summed E-state index contributed by atoms with van der Waals surface area (Å²) in [5.74, 6) is -1.06. The number of hydrogen-bond acceptors (Lipinski definition) is 3. The molecular weight excluding hydrogens is 331 g/mol. The maximum absolute atomic E-state index is 12.3. The van der Waals surface area contributed by atoms with Crippen LogP contribution in [0.1, 0.15) is 31.2 Å². The van der Waals surface area contributed by atoms with Gasteiger partial charge in [0, 0.05) is 4.88 Å². The van der Waals surface area contributed by atoms with Crippen molar-refractivity contribution in [1.29, 1.82) is 0 Å². The quantitative estimate of drug-likeness (QED) is 0.883. The molecule has 0 fully saturated rings. The summed E-state index contributed by atoms with van der Waals surface area (Å²) in [6.07, 6.45) is 0. The Morgan fingerprint density at radius 1 is 1.14 bits per heavy atom. The summed E-state index contributed by atoms with van der Waals surface area (Å²) in [5.41, 5.74) is 6.61. The summed E-state index contributed by atoms with van der Waals surface area (Å²) in [4.78, 5) is 24.8. The van der Waals surface area contributed by atoms with Crippen molar-refractivity contribution in [3.63, 3.8) is 0 Å². The summed E-state index contributed by atoms with van der Waals surface area (Å²) in [6.45, 7) is 3.63. The number of nitrogens with two attached hydrogens (primary N) is 1. The van der Waals surface area contributed by atoms with Gasteiger partial charge in [-0.05, 0) is 31.5 Å². The van der Waals surface area contributed by atoms with E-state index in [4.69, 9.17) is 28.9 Å². The van der Waals surface area contributed by atoms with Gasteiger partial charge in [0.25, 0.3) is 11.8 Å². The van der Waals surface area contributed by atoms with Crippen molar-refractivity contribution >= 4 is 51.4 Å². The summed E-state index contributed by atoms with van der Waals surface area (Å²) < 4.78 is 0. The third-order valence-electron chi connectivity index (χ3n) is 3.05. The second kappa shape index (κ2) is 6.05. The number of anilines is 1. The van der Waals surface area contributed by atoms with Crippen LogP contribution in [0.3, 0.4) is 0 Å². The van der Waals surface area contributed by atoms with Crippen molar-refractivity contribution < 1.29 is 9.59 Å². The first kappa shape index (κ1) is 15.8. The number of carbonyl (C=O) groups excluding carboxylic acids is 2. The minimum absolute atomic E-state index is 0.167. The molecule has 0 aliphatic carbocycles. The molecule has 0 saturated carbocycles. The number of thiophene rings is 1. The molecule has 0 aliphatic rings. The van der Waals surface area contributed by atoms with E-state index in [1.54, 1.807) is 25.1 Å². The highest BCUT2D eigenvalue weighted by Gasteiger charge is 2.21. The molecule has 21 heavy (non-hydrogen) atoms. The number of benzene rings is 1. The monoisotopic (exact) mass is 342 g/mol. The van der Waals surface area contributed by atoms with Crippen LogP contribution in [-0.2, 0) is 0 Å². The van der Waals surface area contributed by atoms with Gasteiger partial charge in [-0.25, -0.2) is 0 Å². The Morgan fingerprint density at radius 2 is 1.71 bits per heavy atom. The van der Waals surface area contributed by atoms with Crippen molar-refractivity contribution in [2.45, 2.75) is 13.8 Å². The smallest absolute Gasteiger partial charge is 0.259 e. The minimum Gasteiger partial charge on any atom is -0.365 e. The number of halogens is 2. The lowest BCUT2D eigenvalue weighted by atomic mass is 10.1. The van der Waals surface area contributed by atoms with Crippen LogP contribution in [-0.4, -0.2) is 11.8 Å². The fraction of sp³-hybridized carbons (Fsp3) is 0.143. The fourth-order valence-corrected chi connectivity index (χ4v) is 3.52. The predicted molar refractivity (Wildman–Crippen MR) is 86.7 cm³/mol. The van der Waals surface area contributed by atoms with Crippen LogP contribution < -0.4 is 11.1 Å².